The van der Waals surface area contributed by atoms with Crippen molar-refractivity contribution in [2.75, 3.05) is 5.32 Å². The van der Waals surface area contributed by atoms with Gasteiger partial charge in [0.05, 0.1) is 16.5 Å². The Balaban J connectivity index is 1.52. The van der Waals surface area contributed by atoms with E-state index in [2.05, 4.69) is 29.5 Å². The van der Waals surface area contributed by atoms with Gasteiger partial charge in [0.25, 0.3) is 0 Å². The Kier molecular flexibility index (Phi) is 3.87. The number of para-hydroxylation sites is 1. The van der Waals surface area contributed by atoms with Crippen LogP contribution in [0.3, 0.4) is 0 Å². The molecule has 0 saturated carbocycles. The molecule has 0 fully saturated rings. The Morgan fingerprint density at radius 2 is 2.07 bits per heavy atom. The summed E-state index contributed by atoms with van der Waals surface area (Å²) in [6.45, 7) is 4.23. The topological polar surface area (TPSA) is 79.5 Å². The molecule has 1 atom stereocenters. The van der Waals surface area contributed by atoms with Gasteiger partial charge < -0.3 is 15.1 Å². The molecule has 1 unspecified atom stereocenters. The number of carbonyl (C=O) groups is 1. The van der Waals surface area contributed by atoms with Gasteiger partial charge in [-0.05, 0) is 36.1 Å². The molecule has 0 radical (unpaired) electrons. The Bertz CT molecular complexity index is 1090. The van der Waals surface area contributed by atoms with Crippen molar-refractivity contribution in [2.24, 2.45) is 10.4 Å². The molecule has 0 spiro atoms. The number of guanidine groups is 1. The lowest BCUT2D eigenvalue weighted by atomic mass is 9.73. The fourth-order valence-electron chi connectivity index (χ4n) is 3.88. The fraction of sp³-hybridized carbons (Fsp3) is 0.286. The Morgan fingerprint density at radius 3 is 2.86 bits per heavy atom. The highest BCUT2D eigenvalue weighted by Gasteiger charge is 2.40. The van der Waals surface area contributed by atoms with E-state index in [0.717, 1.165) is 27.5 Å². The van der Waals surface area contributed by atoms with E-state index in [9.17, 15) is 4.79 Å². The van der Waals surface area contributed by atoms with E-state index in [1.165, 1.54) is 0 Å². The van der Waals surface area contributed by atoms with Crippen LogP contribution in [0.15, 0.2) is 63.3 Å². The van der Waals surface area contributed by atoms with Crippen LogP contribution in [0, 0.1) is 5.41 Å². The van der Waals surface area contributed by atoms with Gasteiger partial charge >= 0.3 is 0 Å². The van der Waals surface area contributed by atoms with Crippen LogP contribution in [0.2, 0.25) is 0 Å². The van der Waals surface area contributed by atoms with Crippen LogP contribution in [0.25, 0.3) is 10.2 Å². The standard InChI is InChI=1S/C21H20N4O2S/c1-21(2)10-13-17(14(26)11-21)18(15-7-5-9-27-15)24-19(22-13)25-20-23-12-6-3-4-8-16(12)28-20/h3-9,18H,10-11H2,1-2H3,(H2,22,23,24,25). The fourth-order valence-corrected chi connectivity index (χ4v) is 4.74. The predicted octanol–water partition coefficient (Wildman–Crippen LogP) is 4.64. The summed E-state index contributed by atoms with van der Waals surface area (Å²) < 4.78 is 6.72. The third-order valence-corrected chi connectivity index (χ3v) is 6.00. The molecule has 142 valence electrons. The molecule has 1 aromatic carbocycles. The molecule has 2 aliphatic rings. The summed E-state index contributed by atoms with van der Waals surface area (Å²) in [6, 6.07) is 11.3. The highest BCUT2D eigenvalue weighted by molar-refractivity contribution is 7.22. The van der Waals surface area contributed by atoms with Gasteiger partial charge in [-0.25, -0.2) is 9.98 Å². The number of anilines is 1. The molecule has 1 aliphatic carbocycles. The Labute approximate surface area is 166 Å². The van der Waals surface area contributed by atoms with Gasteiger partial charge in [0.1, 0.15) is 11.8 Å². The van der Waals surface area contributed by atoms with E-state index >= 15 is 0 Å². The number of nitrogens with one attached hydrogen (secondary N) is 2. The largest absolute Gasteiger partial charge is 0.467 e. The van der Waals surface area contributed by atoms with Crippen LogP contribution in [-0.4, -0.2) is 16.7 Å². The second kappa shape index (κ2) is 6.31. The van der Waals surface area contributed by atoms with Crippen LogP contribution in [0.1, 0.15) is 38.5 Å². The maximum absolute atomic E-state index is 12.9. The lowest BCUT2D eigenvalue weighted by Crippen LogP contribution is -2.41. The first kappa shape index (κ1) is 17.2. The predicted molar refractivity (Wildman–Crippen MR) is 110 cm³/mol. The number of ketones is 1. The minimum atomic E-state index is -0.438. The number of aromatic nitrogens is 1. The molecule has 0 amide bonds. The number of nitrogens with zero attached hydrogens (tertiary/aromatic N) is 2. The lowest BCUT2D eigenvalue weighted by Gasteiger charge is -2.36. The summed E-state index contributed by atoms with van der Waals surface area (Å²) in [7, 11) is 0. The van der Waals surface area contributed by atoms with Gasteiger partial charge in [0.15, 0.2) is 10.9 Å². The molecule has 1 aliphatic heterocycles. The number of furan rings is 1. The molecule has 0 saturated heterocycles. The van der Waals surface area contributed by atoms with Crippen molar-refractivity contribution in [3.05, 3.63) is 59.7 Å². The third kappa shape index (κ3) is 3.01. The van der Waals surface area contributed by atoms with Crippen molar-refractivity contribution < 1.29 is 9.21 Å². The van der Waals surface area contributed by atoms with Crippen LogP contribution in [-0.2, 0) is 4.79 Å². The highest BCUT2D eigenvalue weighted by Crippen LogP contribution is 2.43. The molecule has 2 aromatic heterocycles. The van der Waals surface area contributed by atoms with Gasteiger partial charge in [0.2, 0.25) is 5.96 Å². The smallest absolute Gasteiger partial charge is 0.202 e. The summed E-state index contributed by atoms with van der Waals surface area (Å²) in [5.41, 5.74) is 2.49. The monoisotopic (exact) mass is 392 g/mol. The first-order chi connectivity index (χ1) is 13.5. The number of hydrogen-bond donors (Lipinski definition) is 2. The molecular weight excluding hydrogens is 372 g/mol. The number of fused-ring (bicyclic) bond motifs is 1. The van der Waals surface area contributed by atoms with E-state index < -0.39 is 6.04 Å². The number of thiazole rings is 1. The van der Waals surface area contributed by atoms with E-state index in [-0.39, 0.29) is 11.2 Å². The van der Waals surface area contributed by atoms with Gasteiger partial charge in [-0.15, -0.1) is 0 Å². The number of Topliss-reactive ketones (excluding diaryl/α,β-unsaturated/α-hetero) is 1. The first-order valence-electron chi connectivity index (χ1n) is 9.26. The van der Waals surface area contributed by atoms with Crippen molar-refractivity contribution in [1.29, 1.82) is 0 Å². The number of aliphatic imine (C=N–C) groups is 1. The minimum Gasteiger partial charge on any atom is -0.467 e. The zero-order chi connectivity index (χ0) is 19.3. The molecule has 2 N–H and O–H groups in total. The van der Waals surface area contributed by atoms with Crippen molar-refractivity contribution in [2.45, 2.75) is 32.7 Å². The van der Waals surface area contributed by atoms with Crippen LogP contribution < -0.4 is 10.6 Å². The highest BCUT2D eigenvalue weighted by atomic mass is 32.1. The Hall–Kier alpha value is -2.93. The van der Waals surface area contributed by atoms with Gasteiger partial charge in [-0.1, -0.05) is 37.3 Å². The number of hydrogen-bond acceptors (Lipinski definition) is 7. The number of benzene rings is 1. The van der Waals surface area contributed by atoms with Crippen LogP contribution in [0.5, 0.6) is 0 Å². The molecular formula is C21H20N4O2S. The number of carbonyl (C=O) groups excluding carboxylic acids is 1. The Morgan fingerprint density at radius 1 is 1.21 bits per heavy atom. The molecule has 6 nitrogen and oxygen atoms in total. The van der Waals surface area contributed by atoms with Gasteiger partial charge in [0, 0.05) is 17.7 Å². The van der Waals surface area contributed by atoms with E-state index in [1.54, 1.807) is 17.6 Å². The molecule has 3 heterocycles. The molecule has 28 heavy (non-hydrogen) atoms. The molecule has 7 heteroatoms. The third-order valence-electron chi connectivity index (χ3n) is 5.05. The summed E-state index contributed by atoms with van der Waals surface area (Å²) in [5.74, 6) is 1.39. The second-order valence-corrected chi connectivity index (χ2v) is 9.00. The van der Waals surface area contributed by atoms with Gasteiger partial charge in [-0.2, -0.15) is 0 Å². The zero-order valence-corrected chi connectivity index (χ0v) is 16.5. The molecule has 5 rings (SSSR count). The van der Waals surface area contributed by atoms with Crippen molar-refractivity contribution in [3.63, 3.8) is 0 Å². The summed E-state index contributed by atoms with van der Waals surface area (Å²) in [6.07, 6.45) is 2.91. The summed E-state index contributed by atoms with van der Waals surface area (Å²) in [5, 5.41) is 7.41. The zero-order valence-electron chi connectivity index (χ0n) is 15.7. The summed E-state index contributed by atoms with van der Waals surface area (Å²) in [4.78, 5) is 22.3. The SMILES string of the molecule is CC1(C)CC(=O)C2=C(C1)NC(Nc1nc3ccccc3s1)=NC2c1ccco1. The van der Waals surface area contributed by atoms with Gasteiger partial charge in [-0.3, -0.25) is 4.79 Å². The molecule has 0 bridgehead atoms. The minimum absolute atomic E-state index is 0.0884. The van der Waals surface area contributed by atoms with E-state index in [0.29, 0.717) is 23.7 Å². The van der Waals surface area contributed by atoms with Crippen LogP contribution in [0.4, 0.5) is 5.13 Å². The average molecular weight is 392 g/mol. The van der Waals surface area contributed by atoms with E-state index in [4.69, 9.17) is 9.41 Å². The first-order valence-corrected chi connectivity index (χ1v) is 10.1. The number of rotatable bonds is 2. The molecule has 3 aromatic rings. The van der Waals surface area contributed by atoms with E-state index in [1.807, 2.05) is 36.4 Å². The normalized spacial score (nSPS) is 21.3. The van der Waals surface area contributed by atoms with Crippen molar-refractivity contribution in [1.82, 2.24) is 10.3 Å². The number of allylic oxidation sites excluding steroid dienone is 1. The lowest BCUT2D eigenvalue weighted by molar-refractivity contribution is -0.118. The van der Waals surface area contributed by atoms with Crippen molar-refractivity contribution in [3.8, 4) is 0 Å². The average Bonchev–Trinajstić information content (AvgIpc) is 3.29. The second-order valence-electron chi connectivity index (χ2n) is 7.97. The summed E-state index contributed by atoms with van der Waals surface area (Å²) >= 11 is 1.57. The van der Waals surface area contributed by atoms with Crippen molar-refractivity contribution >= 4 is 38.4 Å². The maximum atomic E-state index is 12.9. The van der Waals surface area contributed by atoms with Crippen LogP contribution >= 0.6 is 11.3 Å². The maximum Gasteiger partial charge on any atom is 0.202 e. The quantitative estimate of drug-likeness (QED) is 0.664.